The van der Waals surface area contributed by atoms with Gasteiger partial charge in [0.15, 0.2) is 0 Å². The third-order valence-electron chi connectivity index (χ3n) is 0.732. The van der Waals surface area contributed by atoms with Crippen LogP contribution in [0.3, 0.4) is 0 Å². The second kappa shape index (κ2) is 4.15. The monoisotopic (exact) mass is 119 g/mol. The SMILES string of the molecule is CN[C@H](C=O)CS. The smallest absolute Gasteiger partial charge is 0.137 e. The molecule has 1 atom stereocenters. The van der Waals surface area contributed by atoms with E-state index in [0.29, 0.717) is 5.75 Å². The Balaban J connectivity index is 3.16. The molecule has 0 heterocycles. The number of carbonyl (C=O) groups is 1. The molecule has 0 spiro atoms. The Hall–Kier alpha value is -0.0200. The summed E-state index contributed by atoms with van der Waals surface area (Å²) in [6.07, 6.45) is 0.840. The molecule has 0 saturated heterocycles. The predicted molar refractivity (Wildman–Crippen MR) is 32.8 cm³/mol. The molecular weight excluding hydrogens is 110 g/mol. The number of hydrogen-bond donors (Lipinski definition) is 2. The van der Waals surface area contributed by atoms with Crippen molar-refractivity contribution in [2.75, 3.05) is 12.8 Å². The van der Waals surface area contributed by atoms with Gasteiger partial charge < -0.3 is 10.1 Å². The van der Waals surface area contributed by atoms with E-state index in [1.54, 1.807) is 7.05 Å². The Kier molecular flexibility index (Phi) is 4.14. The number of rotatable bonds is 3. The molecule has 0 saturated carbocycles. The molecule has 42 valence electrons. The zero-order valence-corrected chi connectivity index (χ0v) is 5.11. The van der Waals surface area contributed by atoms with Gasteiger partial charge in [0.05, 0.1) is 6.04 Å². The number of hydrogen-bond acceptors (Lipinski definition) is 3. The van der Waals surface area contributed by atoms with Crippen LogP contribution >= 0.6 is 12.6 Å². The number of likely N-dealkylation sites (N-methyl/N-ethyl adjacent to an activating group) is 1. The van der Waals surface area contributed by atoms with Crippen molar-refractivity contribution in [3.63, 3.8) is 0 Å². The molecule has 0 aliphatic carbocycles. The summed E-state index contributed by atoms with van der Waals surface area (Å²) < 4.78 is 0. The van der Waals surface area contributed by atoms with Crippen LogP contribution in [0, 0.1) is 0 Å². The zero-order valence-electron chi connectivity index (χ0n) is 4.22. The number of aldehydes is 1. The molecule has 0 unspecified atom stereocenters. The topological polar surface area (TPSA) is 29.1 Å². The van der Waals surface area contributed by atoms with E-state index in [1.807, 2.05) is 0 Å². The molecule has 0 radical (unpaired) electrons. The highest BCUT2D eigenvalue weighted by molar-refractivity contribution is 7.80. The van der Waals surface area contributed by atoms with Gasteiger partial charge in [-0.25, -0.2) is 0 Å². The fraction of sp³-hybridized carbons (Fsp3) is 0.750. The maximum atomic E-state index is 9.86. The van der Waals surface area contributed by atoms with E-state index in [2.05, 4.69) is 17.9 Å². The summed E-state index contributed by atoms with van der Waals surface area (Å²) in [6, 6.07) is -0.0802. The van der Waals surface area contributed by atoms with Crippen molar-refractivity contribution in [3.8, 4) is 0 Å². The molecule has 0 aromatic carbocycles. The van der Waals surface area contributed by atoms with Gasteiger partial charge in [-0.3, -0.25) is 0 Å². The van der Waals surface area contributed by atoms with Crippen molar-refractivity contribution in [2.45, 2.75) is 6.04 Å². The lowest BCUT2D eigenvalue weighted by molar-refractivity contribution is -0.109. The Morgan fingerprint density at radius 2 is 2.57 bits per heavy atom. The van der Waals surface area contributed by atoms with Gasteiger partial charge in [0.2, 0.25) is 0 Å². The van der Waals surface area contributed by atoms with E-state index in [0.717, 1.165) is 6.29 Å². The third kappa shape index (κ3) is 2.65. The first-order valence-electron chi connectivity index (χ1n) is 2.08. The molecule has 7 heavy (non-hydrogen) atoms. The third-order valence-corrected chi connectivity index (χ3v) is 1.13. The summed E-state index contributed by atoms with van der Waals surface area (Å²) in [5.74, 6) is 0.569. The first kappa shape index (κ1) is 6.98. The van der Waals surface area contributed by atoms with Crippen LogP contribution in [-0.2, 0) is 4.79 Å². The Morgan fingerprint density at radius 3 is 2.57 bits per heavy atom. The second-order valence-corrected chi connectivity index (χ2v) is 1.58. The summed E-state index contributed by atoms with van der Waals surface area (Å²) in [6.45, 7) is 0. The van der Waals surface area contributed by atoms with Gasteiger partial charge in [-0.2, -0.15) is 12.6 Å². The first-order valence-corrected chi connectivity index (χ1v) is 2.71. The molecule has 2 nitrogen and oxygen atoms in total. The molecule has 0 amide bonds. The lowest BCUT2D eigenvalue weighted by Crippen LogP contribution is -2.27. The maximum absolute atomic E-state index is 9.86. The minimum absolute atomic E-state index is 0.0802. The molecule has 0 fully saturated rings. The lowest BCUT2D eigenvalue weighted by Gasteiger charge is -2.00. The van der Waals surface area contributed by atoms with Crippen LogP contribution in [0.15, 0.2) is 0 Å². The maximum Gasteiger partial charge on any atom is 0.137 e. The Labute approximate surface area is 48.7 Å². The zero-order chi connectivity index (χ0) is 5.70. The largest absolute Gasteiger partial charge is 0.310 e. The van der Waals surface area contributed by atoms with Gasteiger partial charge in [0.25, 0.3) is 0 Å². The van der Waals surface area contributed by atoms with Crippen molar-refractivity contribution >= 4 is 18.9 Å². The van der Waals surface area contributed by atoms with Crippen LogP contribution in [-0.4, -0.2) is 25.1 Å². The number of thiol groups is 1. The summed E-state index contributed by atoms with van der Waals surface area (Å²) in [7, 11) is 1.73. The molecule has 0 aromatic heterocycles. The van der Waals surface area contributed by atoms with Crippen LogP contribution in [0.5, 0.6) is 0 Å². The van der Waals surface area contributed by atoms with E-state index in [1.165, 1.54) is 0 Å². The molecular formula is C4H9NOS. The van der Waals surface area contributed by atoms with E-state index in [-0.39, 0.29) is 6.04 Å². The normalized spacial score (nSPS) is 13.4. The average molecular weight is 119 g/mol. The van der Waals surface area contributed by atoms with Crippen LogP contribution in [0.25, 0.3) is 0 Å². The van der Waals surface area contributed by atoms with E-state index in [9.17, 15) is 4.79 Å². The van der Waals surface area contributed by atoms with Crippen molar-refractivity contribution < 1.29 is 4.79 Å². The van der Waals surface area contributed by atoms with E-state index < -0.39 is 0 Å². The first-order chi connectivity index (χ1) is 3.35. The van der Waals surface area contributed by atoms with Crippen molar-refractivity contribution in [2.24, 2.45) is 0 Å². The predicted octanol–water partition coefficient (Wildman–Crippen LogP) is -0.297. The molecule has 0 aromatic rings. The van der Waals surface area contributed by atoms with E-state index in [4.69, 9.17) is 0 Å². The van der Waals surface area contributed by atoms with Crippen LogP contribution < -0.4 is 5.32 Å². The fourth-order valence-electron chi connectivity index (χ4n) is 0.202. The van der Waals surface area contributed by atoms with Gasteiger partial charge in [0, 0.05) is 5.75 Å². The van der Waals surface area contributed by atoms with Gasteiger partial charge >= 0.3 is 0 Å². The lowest BCUT2D eigenvalue weighted by atomic mass is 10.4. The molecule has 0 aliphatic heterocycles. The van der Waals surface area contributed by atoms with Crippen molar-refractivity contribution in [1.82, 2.24) is 5.32 Å². The average Bonchev–Trinajstić information content (AvgIpc) is 1.72. The molecule has 0 bridgehead atoms. The summed E-state index contributed by atoms with van der Waals surface area (Å²) in [4.78, 5) is 9.86. The second-order valence-electron chi connectivity index (χ2n) is 1.21. The highest BCUT2D eigenvalue weighted by Gasteiger charge is 1.95. The highest BCUT2D eigenvalue weighted by atomic mass is 32.1. The standard InChI is InChI=1S/C4H9NOS/c1-5-4(2-6)3-7/h2,4-5,7H,3H2,1H3/t4-/m1/s1. The quantitative estimate of drug-likeness (QED) is 0.394. The van der Waals surface area contributed by atoms with Crippen molar-refractivity contribution in [3.05, 3.63) is 0 Å². The molecule has 3 heteroatoms. The summed E-state index contributed by atoms with van der Waals surface area (Å²) in [5.41, 5.74) is 0. The summed E-state index contributed by atoms with van der Waals surface area (Å²) >= 11 is 3.88. The molecule has 0 aliphatic rings. The minimum atomic E-state index is -0.0802. The number of carbonyl (C=O) groups excluding carboxylic acids is 1. The highest BCUT2D eigenvalue weighted by Crippen LogP contribution is 1.78. The fourth-order valence-corrected chi connectivity index (χ4v) is 0.471. The Morgan fingerprint density at radius 1 is 2.00 bits per heavy atom. The van der Waals surface area contributed by atoms with Crippen LogP contribution in [0.2, 0.25) is 0 Å². The minimum Gasteiger partial charge on any atom is -0.310 e. The van der Waals surface area contributed by atoms with Crippen LogP contribution in [0.1, 0.15) is 0 Å². The Bertz CT molecular complexity index is 53.7. The van der Waals surface area contributed by atoms with Crippen LogP contribution in [0.4, 0.5) is 0 Å². The molecule has 1 N–H and O–H groups in total. The molecule has 0 rings (SSSR count). The van der Waals surface area contributed by atoms with Crippen molar-refractivity contribution in [1.29, 1.82) is 0 Å². The van der Waals surface area contributed by atoms with Gasteiger partial charge in [-0.05, 0) is 7.05 Å². The van der Waals surface area contributed by atoms with Gasteiger partial charge in [0.1, 0.15) is 6.29 Å². The van der Waals surface area contributed by atoms with Gasteiger partial charge in [-0.15, -0.1) is 0 Å². The number of nitrogens with one attached hydrogen (secondary N) is 1. The summed E-state index contributed by atoms with van der Waals surface area (Å²) in [5, 5.41) is 2.76. The van der Waals surface area contributed by atoms with Gasteiger partial charge in [-0.1, -0.05) is 0 Å². The van der Waals surface area contributed by atoms with E-state index >= 15 is 0 Å².